The normalized spacial score (nSPS) is 12.9. The van der Waals surface area contributed by atoms with Gasteiger partial charge in [-0.2, -0.15) is 50.5 Å². The van der Waals surface area contributed by atoms with E-state index in [2.05, 4.69) is 35.7 Å². The lowest BCUT2D eigenvalue weighted by molar-refractivity contribution is 0.408. The van der Waals surface area contributed by atoms with E-state index in [1.165, 1.54) is 57.4 Å². The zero-order chi connectivity index (χ0) is 79.0. The summed E-state index contributed by atoms with van der Waals surface area (Å²) in [7, 11) is -26.3. The van der Waals surface area contributed by atoms with E-state index in [0.29, 0.717) is 38.6 Å². The SMILES string of the molecule is CC(C)(C)c1ccc(S(=O)(=O)O)c2[nH]cnc12.CC(C)(C)c1ccc(S(=O)(=O)O)c2cccnc12.CC(C)(C)c1ccc(S(=O)(=O)O)cc1.Cc1c(Cl)c(S(=O)(=O)O)c(Cl)c(Cl)c1C(C)(C)C.Cc1c(F)c(S(=O)(=O)O)c(F)c(F)c1C(C)(C)C.Cc1cc(S(=O)(=O)O)c(C)cc1C(C)(C)C. The van der Waals surface area contributed by atoms with Gasteiger partial charge in [0.15, 0.2) is 22.3 Å². The Balaban J connectivity index is 0.000000316. The molecule has 8 rings (SSSR count). The first-order valence-corrected chi connectivity index (χ1v) is 40.0. The van der Waals surface area contributed by atoms with Gasteiger partial charge in [0, 0.05) is 17.1 Å². The summed E-state index contributed by atoms with van der Waals surface area (Å²) < 4.78 is 228. The summed E-state index contributed by atoms with van der Waals surface area (Å²) in [4.78, 5) is 8.64. The summed E-state index contributed by atoms with van der Waals surface area (Å²) >= 11 is 18.0. The maximum Gasteiger partial charge on any atom is 0.300 e. The summed E-state index contributed by atoms with van der Waals surface area (Å²) in [6.07, 6.45) is 3.04. The molecular weight excluding hydrogens is 1500 g/mol. The van der Waals surface area contributed by atoms with E-state index in [-0.39, 0.29) is 72.9 Å². The van der Waals surface area contributed by atoms with Crippen molar-refractivity contribution in [3.8, 4) is 0 Å². The molecule has 0 saturated heterocycles. The van der Waals surface area contributed by atoms with Gasteiger partial charge in [-0.25, -0.2) is 18.2 Å². The molecule has 2 heterocycles. The van der Waals surface area contributed by atoms with Gasteiger partial charge in [0.2, 0.25) is 0 Å². The molecule has 6 aromatic carbocycles. The molecule has 0 radical (unpaired) electrons. The van der Waals surface area contributed by atoms with Gasteiger partial charge in [0.1, 0.15) is 14.7 Å². The molecule has 101 heavy (non-hydrogen) atoms. The molecule has 0 unspecified atom stereocenters. The van der Waals surface area contributed by atoms with E-state index in [9.17, 15) is 68.2 Å². The third-order valence-corrected chi connectivity index (χ3v) is 22.1. The first kappa shape index (κ1) is 89.5. The second-order valence-corrected chi connectivity index (χ2v) is 39.0. The van der Waals surface area contributed by atoms with E-state index in [1.807, 2.05) is 96.1 Å². The zero-order valence-corrected chi connectivity index (χ0v) is 66.9. The number of aromatic nitrogens is 3. The maximum atomic E-state index is 13.8. The zero-order valence-electron chi connectivity index (χ0n) is 59.8. The van der Waals surface area contributed by atoms with Crippen molar-refractivity contribution >= 4 is 117 Å². The van der Waals surface area contributed by atoms with Crippen LogP contribution in [0, 0.1) is 45.1 Å². The van der Waals surface area contributed by atoms with E-state index in [0.717, 1.165) is 34.7 Å². The Morgan fingerprint density at radius 2 is 0.822 bits per heavy atom. The number of pyridine rings is 1. The van der Waals surface area contributed by atoms with Crippen molar-refractivity contribution in [2.24, 2.45) is 0 Å². The number of nitrogens with one attached hydrogen (secondary N) is 1. The number of aryl methyl sites for hydroxylation is 2. The highest BCUT2D eigenvalue weighted by atomic mass is 35.5. The van der Waals surface area contributed by atoms with E-state index < -0.39 is 93.4 Å². The van der Waals surface area contributed by atoms with Crippen molar-refractivity contribution in [1.82, 2.24) is 15.0 Å². The molecule has 0 aliphatic carbocycles. The number of benzene rings is 6. The van der Waals surface area contributed by atoms with Crippen LogP contribution in [-0.2, 0) is 93.2 Å². The van der Waals surface area contributed by atoms with Crippen LogP contribution < -0.4 is 0 Å². The first-order valence-electron chi connectivity index (χ1n) is 30.2. The number of aromatic amines is 1. The number of imidazole rings is 1. The summed E-state index contributed by atoms with van der Waals surface area (Å²) in [5, 5.41) is 0.197. The number of halogens is 6. The lowest BCUT2D eigenvalue weighted by Gasteiger charge is -2.25. The maximum absolute atomic E-state index is 13.8. The van der Waals surface area contributed by atoms with Crippen LogP contribution in [0.1, 0.15) is 180 Å². The molecule has 0 amide bonds. The minimum Gasteiger partial charge on any atom is -0.343 e. The number of hydrogen-bond donors (Lipinski definition) is 7. The van der Waals surface area contributed by atoms with Crippen LogP contribution in [0.2, 0.25) is 15.1 Å². The molecule has 0 bridgehead atoms. The third-order valence-electron chi connectivity index (χ3n) is 15.1. The second kappa shape index (κ2) is 31.6. The molecule has 0 fully saturated rings. The highest BCUT2D eigenvalue weighted by Crippen LogP contribution is 2.45. The minimum absolute atomic E-state index is 0.00185. The van der Waals surface area contributed by atoms with Crippen molar-refractivity contribution in [1.29, 1.82) is 0 Å². The fourth-order valence-electron chi connectivity index (χ4n) is 10.5. The average Bonchev–Trinajstić information content (AvgIpc) is 0.916. The molecule has 33 heteroatoms. The Bertz CT molecular complexity index is 5000. The van der Waals surface area contributed by atoms with Gasteiger partial charge in [-0.05, 0) is 153 Å². The molecule has 0 aliphatic heterocycles. The van der Waals surface area contributed by atoms with Crippen LogP contribution in [0.4, 0.5) is 13.2 Å². The van der Waals surface area contributed by atoms with Gasteiger partial charge >= 0.3 is 10.1 Å². The lowest BCUT2D eigenvalue weighted by atomic mass is 9.83. The van der Waals surface area contributed by atoms with Crippen LogP contribution in [0.5, 0.6) is 0 Å². The molecule has 0 spiro atoms. The van der Waals surface area contributed by atoms with Crippen LogP contribution in [0.3, 0.4) is 0 Å². The van der Waals surface area contributed by atoms with Crippen molar-refractivity contribution in [2.75, 3.05) is 0 Å². The van der Waals surface area contributed by atoms with Crippen LogP contribution in [-0.4, -0.2) is 92.8 Å². The first-order chi connectivity index (χ1) is 44.9. The van der Waals surface area contributed by atoms with E-state index in [1.54, 1.807) is 56.4 Å². The van der Waals surface area contributed by atoms with Gasteiger partial charge in [-0.15, -0.1) is 0 Å². The summed E-state index contributed by atoms with van der Waals surface area (Å²) in [5.74, 6) is -4.83. The molecule has 0 atom stereocenters. The Labute approximate surface area is 606 Å². The van der Waals surface area contributed by atoms with Gasteiger partial charge < -0.3 is 4.98 Å². The van der Waals surface area contributed by atoms with Crippen LogP contribution in [0.25, 0.3) is 21.9 Å². The topological polar surface area (TPSA) is 368 Å². The molecule has 2 aromatic heterocycles. The summed E-state index contributed by atoms with van der Waals surface area (Å²) in [6.45, 7) is 41.1. The Hall–Kier alpha value is -5.68. The molecular formula is C68H87Cl3F3N3O18S6. The van der Waals surface area contributed by atoms with Crippen molar-refractivity contribution in [3.63, 3.8) is 0 Å². The van der Waals surface area contributed by atoms with Crippen LogP contribution in [0.15, 0.2) is 115 Å². The minimum atomic E-state index is -5.16. The standard InChI is InChI=1S/C13H15NO3S.C12H18O3S.C11H13Cl3O3S.C11H13F3O3S.C11H14N2O3S.C10H14O3S/c1-13(2,3)10-6-7-11(18(15,16)17)9-5-4-8-14-12(9)10;1-8-7-11(16(13,14)15)9(2)6-10(8)12(3,4)5;2*1-5-6(11(2,3)4)8(13)9(14)10(7(5)12)18(15,16)17;1-11(2,3)7-4-5-8(17(14,15)16)10-9(7)12-6-13-10;1-10(2,3)8-4-6-9(7-5-8)14(11,12)13/h4-8H,1-3H3,(H,15,16,17);6-7H,1-5H3,(H,13,14,15);2*1-4H3,(H,15,16,17);4-6H,1-3H3,(H,12,13)(H,14,15,16);4-7H,1-3H3,(H,11,12,13). The number of hydrogen-bond acceptors (Lipinski definition) is 14. The van der Waals surface area contributed by atoms with Crippen molar-refractivity contribution in [3.05, 3.63) is 173 Å². The van der Waals surface area contributed by atoms with Gasteiger partial charge in [0.25, 0.3) is 50.6 Å². The smallest absolute Gasteiger partial charge is 0.300 e. The molecule has 0 saturated carbocycles. The monoisotopic (exact) mass is 1590 g/mol. The predicted octanol–water partition coefficient (Wildman–Crippen LogP) is 17.4. The van der Waals surface area contributed by atoms with Gasteiger partial charge in [0.05, 0.1) is 47.7 Å². The summed E-state index contributed by atoms with van der Waals surface area (Å²) in [6, 6.07) is 19.1. The molecule has 560 valence electrons. The quantitative estimate of drug-likeness (QED) is 0.0600. The fraction of sp³-hybridized carbons (Fsp3) is 0.412. The molecule has 0 aliphatic rings. The number of rotatable bonds is 6. The highest BCUT2D eigenvalue weighted by Gasteiger charge is 2.35. The van der Waals surface area contributed by atoms with Crippen molar-refractivity contribution < 1.29 is 91.0 Å². The largest absolute Gasteiger partial charge is 0.343 e. The number of fused-ring (bicyclic) bond motifs is 2. The Morgan fingerprint density at radius 1 is 0.386 bits per heavy atom. The summed E-state index contributed by atoms with van der Waals surface area (Å²) in [5.41, 5.74) is 5.95. The van der Waals surface area contributed by atoms with E-state index >= 15 is 0 Å². The van der Waals surface area contributed by atoms with Gasteiger partial charge in [-0.1, -0.05) is 190 Å². The molecule has 7 N–H and O–H groups in total. The van der Waals surface area contributed by atoms with Crippen LogP contribution >= 0.6 is 34.8 Å². The predicted molar refractivity (Wildman–Crippen MR) is 389 cm³/mol. The average molecular weight is 1590 g/mol. The fourth-order valence-corrected chi connectivity index (χ4v) is 16.1. The lowest BCUT2D eigenvalue weighted by Crippen LogP contribution is -2.21. The number of nitrogens with zero attached hydrogens (tertiary/aromatic N) is 2. The highest BCUT2D eigenvalue weighted by molar-refractivity contribution is 7.87. The molecule has 21 nitrogen and oxygen atoms in total. The second-order valence-electron chi connectivity index (χ2n) is 29.6. The van der Waals surface area contributed by atoms with Crippen molar-refractivity contribution in [2.45, 2.75) is 214 Å². The van der Waals surface area contributed by atoms with Gasteiger partial charge in [-0.3, -0.25) is 32.3 Å². The molecule has 8 aromatic rings. The third kappa shape index (κ3) is 22.9. The Morgan fingerprint density at radius 3 is 1.22 bits per heavy atom. The van der Waals surface area contributed by atoms with E-state index in [4.69, 9.17) is 57.6 Å². The number of H-pyrrole nitrogens is 1. The Kier molecular flexibility index (Phi) is 28.0.